The molecule has 0 radical (unpaired) electrons. The topological polar surface area (TPSA) is 39.4 Å². The highest BCUT2D eigenvalue weighted by Gasteiger charge is 2.11. The second-order valence-electron chi connectivity index (χ2n) is 3.65. The third kappa shape index (κ3) is 2.97. The Bertz CT molecular complexity index is 485. The minimum atomic E-state index is -0.410. The predicted molar refractivity (Wildman–Crippen MR) is 63.9 cm³/mol. The predicted octanol–water partition coefficient (Wildman–Crippen LogP) is 3.05. The van der Waals surface area contributed by atoms with Gasteiger partial charge in [0, 0.05) is 6.42 Å². The minimum absolute atomic E-state index is 0.262. The van der Waals surface area contributed by atoms with E-state index in [1.807, 2.05) is 30.3 Å². The van der Waals surface area contributed by atoms with Crippen LogP contribution < -0.4 is 0 Å². The van der Waals surface area contributed by atoms with E-state index in [4.69, 9.17) is 9.15 Å². The van der Waals surface area contributed by atoms with Gasteiger partial charge in [-0.2, -0.15) is 0 Å². The molecule has 3 heteroatoms. The lowest BCUT2D eigenvalue weighted by atomic mass is 10.1. The van der Waals surface area contributed by atoms with Crippen LogP contribution >= 0.6 is 0 Å². The van der Waals surface area contributed by atoms with Crippen molar-refractivity contribution < 1.29 is 13.9 Å². The van der Waals surface area contributed by atoms with Crippen molar-refractivity contribution in [3.8, 4) is 0 Å². The van der Waals surface area contributed by atoms with E-state index in [0.29, 0.717) is 13.0 Å². The number of rotatable bonds is 4. The second-order valence-corrected chi connectivity index (χ2v) is 3.65. The lowest BCUT2D eigenvalue weighted by Gasteiger charge is -1.98. The van der Waals surface area contributed by atoms with Gasteiger partial charge in [-0.05, 0) is 24.6 Å². The molecular weight excluding hydrogens is 216 g/mol. The van der Waals surface area contributed by atoms with Crippen LogP contribution in [0.5, 0.6) is 0 Å². The summed E-state index contributed by atoms with van der Waals surface area (Å²) < 4.78 is 10.3. The van der Waals surface area contributed by atoms with Crippen molar-refractivity contribution in [3.05, 3.63) is 59.5 Å². The molecule has 1 aromatic heterocycles. The number of furan rings is 1. The Morgan fingerprint density at radius 2 is 1.94 bits per heavy atom. The van der Waals surface area contributed by atoms with E-state index < -0.39 is 5.97 Å². The molecule has 0 N–H and O–H groups in total. The first-order valence-corrected chi connectivity index (χ1v) is 5.59. The molecule has 3 nitrogen and oxygen atoms in total. The van der Waals surface area contributed by atoms with Crippen molar-refractivity contribution >= 4 is 5.97 Å². The standard InChI is InChI=1S/C14H14O3/c1-2-16-14(15)13-9-8-12(17-13)10-11-6-4-3-5-7-11/h3-9H,2,10H2,1H3. The van der Waals surface area contributed by atoms with E-state index >= 15 is 0 Å². The fourth-order valence-corrected chi connectivity index (χ4v) is 1.58. The number of carbonyl (C=O) groups excluding carboxylic acids is 1. The van der Waals surface area contributed by atoms with E-state index in [2.05, 4.69) is 0 Å². The van der Waals surface area contributed by atoms with E-state index in [1.165, 1.54) is 0 Å². The minimum Gasteiger partial charge on any atom is -0.460 e. The molecule has 0 saturated heterocycles. The van der Waals surface area contributed by atoms with Crippen molar-refractivity contribution in [1.82, 2.24) is 0 Å². The van der Waals surface area contributed by atoms with Gasteiger partial charge in [0.15, 0.2) is 0 Å². The Morgan fingerprint density at radius 3 is 2.65 bits per heavy atom. The fraction of sp³-hybridized carbons (Fsp3) is 0.214. The average Bonchev–Trinajstić information content (AvgIpc) is 2.79. The van der Waals surface area contributed by atoms with Gasteiger partial charge in [0.25, 0.3) is 0 Å². The number of carbonyl (C=O) groups is 1. The Kier molecular flexibility index (Phi) is 3.60. The fourth-order valence-electron chi connectivity index (χ4n) is 1.58. The molecule has 0 aliphatic rings. The number of hydrogen-bond donors (Lipinski definition) is 0. The Balaban J connectivity index is 2.06. The maximum Gasteiger partial charge on any atom is 0.374 e. The Morgan fingerprint density at radius 1 is 1.18 bits per heavy atom. The summed E-state index contributed by atoms with van der Waals surface area (Å²) in [4.78, 5) is 11.4. The summed E-state index contributed by atoms with van der Waals surface area (Å²) in [5.74, 6) is 0.615. The van der Waals surface area contributed by atoms with Gasteiger partial charge in [-0.3, -0.25) is 0 Å². The van der Waals surface area contributed by atoms with Crippen LogP contribution in [0.1, 0.15) is 28.8 Å². The molecule has 0 aliphatic carbocycles. The third-order valence-electron chi connectivity index (χ3n) is 2.36. The molecule has 0 amide bonds. The van der Waals surface area contributed by atoms with Gasteiger partial charge in [-0.25, -0.2) is 4.79 Å². The molecule has 0 aliphatic heterocycles. The van der Waals surface area contributed by atoms with Gasteiger partial charge in [0.05, 0.1) is 6.61 Å². The molecule has 1 aromatic carbocycles. The van der Waals surface area contributed by atoms with Crippen LogP contribution in [0.25, 0.3) is 0 Å². The van der Waals surface area contributed by atoms with Gasteiger partial charge in [0.2, 0.25) is 5.76 Å². The summed E-state index contributed by atoms with van der Waals surface area (Å²) >= 11 is 0. The normalized spacial score (nSPS) is 10.2. The molecule has 0 saturated carbocycles. The molecule has 2 aromatic rings. The summed E-state index contributed by atoms with van der Waals surface area (Å²) in [6.07, 6.45) is 0.681. The lowest BCUT2D eigenvalue weighted by molar-refractivity contribution is 0.0488. The molecule has 0 unspecified atom stereocenters. The quantitative estimate of drug-likeness (QED) is 0.758. The lowest BCUT2D eigenvalue weighted by Crippen LogP contribution is -2.02. The number of esters is 1. The average molecular weight is 230 g/mol. The first kappa shape index (κ1) is 11.5. The first-order chi connectivity index (χ1) is 8.29. The largest absolute Gasteiger partial charge is 0.460 e. The monoisotopic (exact) mass is 230 g/mol. The molecule has 1 heterocycles. The Labute approximate surface area is 100 Å². The zero-order valence-electron chi connectivity index (χ0n) is 9.68. The molecule has 0 spiro atoms. The van der Waals surface area contributed by atoms with E-state index in [9.17, 15) is 4.79 Å². The van der Waals surface area contributed by atoms with Crippen molar-refractivity contribution in [3.63, 3.8) is 0 Å². The zero-order chi connectivity index (χ0) is 12.1. The van der Waals surface area contributed by atoms with Crippen LogP contribution in [-0.4, -0.2) is 12.6 Å². The van der Waals surface area contributed by atoms with Crippen LogP contribution in [0, 0.1) is 0 Å². The Hall–Kier alpha value is -2.03. The summed E-state index contributed by atoms with van der Waals surface area (Å²) in [6.45, 7) is 2.12. The molecular formula is C14H14O3. The van der Waals surface area contributed by atoms with Gasteiger partial charge in [-0.15, -0.1) is 0 Å². The second kappa shape index (κ2) is 5.34. The van der Waals surface area contributed by atoms with Crippen molar-refractivity contribution in [1.29, 1.82) is 0 Å². The third-order valence-corrected chi connectivity index (χ3v) is 2.36. The van der Waals surface area contributed by atoms with E-state index in [0.717, 1.165) is 11.3 Å². The summed E-state index contributed by atoms with van der Waals surface area (Å²) in [5, 5.41) is 0. The maximum atomic E-state index is 11.4. The van der Waals surface area contributed by atoms with Gasteiger partial charge >= 0.3 is 5.97 Å². The highest BCUT2D eigenvalue weighted by Crippen LogP contribution is 2.13. The van der Waals surface area contributed by atoms with Crippen molar-refractivity contribution in [2.24, 2.45) is 0 Å². The maximum absolute atomic E-state index is 11.4. The van der Waals surface area contributed by atoms with E-state index in [1.54, 1.807) is 19.1 Å². The highest BCUT2D eigenvalue weighted by molar-refractivity contribution is 5.86. The van der Waals surface area contributed by atoms with Crippen LogP contribution in [0.4, 0.5) is 0 Å². The van der Waals surface area contributed by atoms with Crippen molar-refractivity contribution in [2.75, 3.05) is 6.61 Å². The summed E-state index contributed by atoms with van der Waals surface area (Å²) in [7, 11) is 0. The van der Waals surface area contributed by atoms with Crippen LogP contribution in [-0.2, 0) is 11.2 Å². The van der Waals surface area contributed by atoms with Gasteiger partial charge in [0.1, 0.15) is 5.76 Å². The summed E-state index contributed by atoms with van der Waals surface area (Å²) in [5.41, 5.74) is 1.15. The summed E-state index contributed by atoms with van der Waals surface area (Å²) in [6, 6.07) is 13.4. The number of benzene rings is 1. The zero-order valence-corrected chi connectivity index (χ0v) is 9.68. The number of ether oxygens (including phenoxy) is 1. The van der Waals surface area contributed by atoms with Crippen LogP contribution in [0.15, 0.2) is 46.9 Å². The molecule has 0 bridgehead atoms. The molecule has 0 fully saturated rings. The van der Waals surface area contributed by atoms with Crippen molar-refractivity contribution in [2.45, 2.75) is 13.3 Å². The molecule has 0 atom stereocenters. The SMILES string of the molecule is CCOC(=O)c1ccc(Cc2ccccc2)o1. The van der Waals surface area contributed by atoms with Gasteiger partial charge in [-0.1, -0.05) is 30.3 Å². The molecule has 17 heavy (non-hydrogen) atoms. The molecule has 2 rings (SSSR count). The number of hydrogen-bond acceptors (Lipinski definition) is 3. The van der Waals surface area contributed by atoms with Gasteiger partial charge < -0.3 is 9.15 Å². The van der Waals surface area contributed by atoms with Crippen LogP contribution in [0.3, 0.4) is 0 Å². The van der Waals surface area contributed by atoms with E-state index in [-0.39, 0.29) is 5.76 Å². The van der Waals surface area contributed by atoms with Crippen LogP contribution in [0.2, 0.25) is 0 Å². The first-order valence-electron chi connectivity index (χ1n) is 5.59. The molecule has 88 valence electrons. The highest BCUT2D eigenvalue weighted by atomic mass is 16.5. The smallest absolute Gasteiger partial charge is 0.374 e.